The lowest BCUT2D eigenvalue weighted by Gasteiger charge is -2.31. The molecule has 3 rings (SSSR count). The first kappa shape index (κ1) is 24.6. The van der Waals surface area contributed by atoms with Gasteiger partial charge in [0.25, 0.3) is 0 Å². The summed E-state index contributed by atoms with van der Waals surface area (Å²) >= 11 is 0. The molecule has 0 saturated carbocycles. The lowest BCUT2D eigenvalue weighted by Crippen LogP contribution is -2.45. The van der Waals surface area contributed by atoms with E-state index in [-0.39, 0.29) is 29.3 Å². The summed E-state index contributed by atoms with van der Waals surface area (Å²) < 4.78 is 29.8. The average molecular weight is 465 g/mol. The van der Waals surface area contributed by atoms with E-state index in [9.17, 15) is 13.2 Å². The van der Waals surface area contributed by atoms with E-state index in [0.29, 0.717) is 31.4 Å². The van der Waals surface area contributed by atoms with Gasteiger partial charge in [0.2, 0.25) is 15.9 Å². The molecule has 0 bridgehead atoms. The molecule has 1 aromatic carbocycles. The molecule has 10 heteroatoms. The first-order chi connectivity index (χ1) is 15.3. The lowest BCUT2D eigenvalue weighted by molar-refractivity contribution is -0.126. The second-order valence-electron chi connectivity index (χ2n) is 8.65. The Labute approximate surface area is 191 Å². The fourth-order valence-electron chi connectivity index (χ4n) is 4.19. The van der Waals surface area contributed by atoms with E-state index in [0.717, 1.165) is 31.6 Å². The van der Waals surface area contributed by atoms with Crippen LogP contribution in [-0.4, -0.2) is 77.8 Å². The molecule has 0 aliphatic carbocycles. The molecule has 1 amide bonds. The highest BCUT2D eigenvalue weighted by Gasteiger charge is 2.33. The zero-order valence-electron chi connectivity index (χ0n) is 19.6. The monoisotopic (exact) mass is 464 g/mol. The minimum Gasteiger partial charge on any atom is -0.356 e. The molecule has 9 nitrogen and oxygen atoms in total. The maximum absolute atomic E-state index is 13.3. The van der Waals surface area contributed by atoms with Crippen molar-refractivity contribution in [2.45, 2.75) is 57.9 Å². The smallest absolute Gasteiger partial charge is 0.243 e. The Morgan fingerprint density at radius 1 is 1.28 bits per heavy atom. The van der Waals surface area contributed by atoms with Crippen LogP contribution in [-0.2, 0) is 14.8 Å². The molecule has 1 aliphatic heterocycles. The maximum atomic E-state index is 13.3. The van der Waals surface area contributed by atoms with Gasteiger partial charge in [-0.05, 0) is 70.9 Å². The number of carbonyl (C=O) groups is 1. The van der Waals surface area contributed by atoms with E-state index in [1.807, 2.05) is 13.8 Å². The van der Waals surface area contributed by atoms with Gasteiger partial charge in [-0.2, -0.15) is 4.31 Å². The van der Waals surface area contributed by atoms with Gasteiger partial charge in [0.15, 0.2) is 0 Å². The quantitative estimate of drug-likeness (QED) is 0.542. The molecule has 1 N–H and O–H groups in total. The topological polar surface area (TPSA) is 100 Å². The van der Waals surface area contributed by atoms with E-state index in [4.69, 9.17) is 0 Å². The van der Waals surface area contributed by atoms with Gasteiger partial charge in [0.1, 0.15) is 5.52 Å². The number of fused-ring (bicyclic) bond motifs is 1. The van der Waals surface area contributed by atoms with Crippen molar-refractivity contribution in [3.63, 3.8) is 0 Å². The minimum atomic E-state index is -3.70. The summed E-state index contributed by atoms with van der Waals surface area (Å²) in [5, 5.41) is 11.3. The summed E-state index contributed by atoms with van der Waals surface area (Å²) in [6.07, 6.45) is 2.26. The fourth-order valence-corrected chi connectivity index (χ4v) is 5.73. The van der Waals surface area contributed by atoms with Gasteiger partial charge in [-0.25, -0.2) is 13.1 Å². The van der Waals surface area contributed by atoms with Crippen molar-refractivity contribution in [3.05, 3.63) is 18.2 Å². The number of amides is 1. The highest BCUT2D eigenvalue weighted by molar-refractivity contribution is 7.89. The Morgan fingerprint density at radius 2 is 2.03 bits per heavy atom. The van der Waals surface area contributed by atoms with Crippen LogP contribution in [0.3, 0.4) is 0 Å². The number of aromatic nitrogens is 3. The number of piperidine rings is 1. The van der Waals surface area contributed by atoms with Crippen LogP contribution in [0.4, 0.5) is 0 Å². The first-order valence-electron chi connectivity index (χ1n) is 11.6. The number of rotatable bonds is 10. The molecular weight excluding hydrogens is 428 g/mol. The average Bonchev–Trinajstić information content (AvgIpc) is 3.23. The van der Waals surface area contributed by atoms with E-state index >= 15 is 0 Å². The van der Waals surface area contributed by atoms with Crippen molar-refractivity contribution in [3.8, 4) is 0 Å². The van der Waals surface area contributed by atoms with Crippen molar-refractivity contribution < 1.29 is 13.2 Å². The maximum Gasteiger partial charge on any atom is 0.243 e. The molecule has 1 aliphatic rings. The highest BCUT2D eigenvalue weighted by atomic mass is 32.2. The SMILES string of the molecule is CCN(CC)CCCNC(=O)[C@H]1CCCN(S(=O)(=O)c2ccc3c(c2)nnn3C(C)C)C1. The predicted molar refractivity (Wildman–Crippen MR) is 125 cm³/mol. The Morgan fingerprint density at radius 3 is 2.72 bits per heavy atom. The van der Waals surface area contributed by atoms with Crippen molar-refractivity contribution in [2.24, 2.45) is 5.92 Å². The van der Waals surface area contributed by atoms with Gasteiger partial charge in [0, 0.05) is 25.7 Å². The van der Waals surface area contributed by atoms with E-state index in [2.05, 4.69) is 34.4 Å². The molecule has 1 aromatic heterocycles. The second kappa shape index (κ2) is 10.7. The predicted octanol–water partition coefficient (Wildman–Crippen LogP) is 2.26. The number of nitrogens with one attached hydrogen (secondary N) is 1. The van der Waals surface area contributed by atoms with Gasteiger partial charge in [-0.3, -0.25) is 4.79 Å². The zero-order valence-corrected chi connectivity index (χ0v) is 20.4. The Hall–Kier alpha value is -2.04. The van der Waals surface area contributed by atoms with Crippen LogP contribution in [0.1, 0.15) is 53.0 Å². The third-order valence-corrected chi connectivity index (χ3v) is 8.03. The molecule has 178 valence electrons. The van der Waals surface area contributed by atoms with Crippen molar-refractivity contribution in [1.82, 2.24) is 29.5 Å². The normalized spacial score (nSPS) is 18.0. The third kappa shape index (κ3) is 5.47. The van der Waals surface area contributed by atoms with Crippen molar-refractivity contribution in [1.29, 1.82) is 0 Å². The number of carbonyl (C=O) groups excluding carboxylic acids is 1. The van der Waals surface area contributed by atoms with Crippen LogP contribution < -0.4 is 5.32 Å². The van der Waals surface area contributed by atoms with Gasteiger partial charge in [-0.1, -0.05) is 19.1 Å². The second-order valence-corrected chi connectivity index (χ2v) is 10.6. The molecule has 1 atom stereocenters. The van der Waals surface area contributed by atoms with Crippen LogP contribution in [0.5, 0.6) is 0 Å². The van der Waals surface area contributed by atoms with E-state index in [1.54, 1.807) is 22.9 Å². The van der Waals surface area contributed by atoms with Gasteiger partial charge < -0.3 is 10.2 Å². The highest BCUT2D eigenvalue weighted by Crippen LogP contribution is 2.26. The number of hydrogen-bond donors (Lipinski definition) is 1. The largest absolute Gasteiger partial charge is 0.356 e. The van der Waals surface area contributed by atoms with Gasteiger partial charge >= 0.3 is 0 Å². The molecule has 0 radical (unpaired) electrons. The lowest BCUT2D eigenvalue weighted by atomic mass is 9.99. The van der Waals surface area contributed by atoms with Gasteiger partial charge in [-0.15, -0.1) is 5.10 Å². The number of sulfonamides is 1. The summed E-state index contributed by atoms with van der Waals surface area (Å²) in [5.41, 5.74) is 1.36. The van der Waals surface area contributed by atoms with Crippen LogP contribution in [0.2, 0.25) is 0 Å². The third-order valence-electron chi connectivity index (χ3n) is 6.17. The van der Waals surface area contributed by atoms with Crippen molar-refractivity contribution in [2.75, 3.05) is 39.3 Å². The zero-order chi connectivity index (χ0) is 23.3. The van der Waals surface area contributed by atoms with Gasteiger partial charge in [0.05, 0.1) is 16.3 Å². The number of nitrogens with zero attached hydrogens (tertiary/aromatic N) is 5. The van der Waals surface area contributed by atoms with Crippen LogP contribution >= 0.6 is 0 Å². The molecule has 1 fully saturated rings. The number of benzene rings is 1. The molecular formula is C22H36N6O3S. The summed E-state index contributed by atoms with van der Waals surface area (Å²) in [4.78, 5) is 15.2. The minimum absolute atomic E-state index is 0.0558. The summed E-state index contributed by atoms with van der Waals surface area (Å²) in [5.74, 6) is -0.377. The fraction of sp³-hybridized carbons (Fsp3) is 0.682. The molecule has 2 heterocycles. The first-order valence-corrected chi connectivity index (χ1v) is 13.1. The van der Waals surface area contributed by atoms with Crippen LogP contribution in [0, 0.1) is 5.92 Å². The standard InChI is InChI=1S/C22H36N6O3S/c1-5-26(6-2)13-8-12-23-22(29)18-9-7-14-27(16-18)32(30,31)19-10-11-21-20(15-19)24-25-28(21)17(3)4/h10-11,15,17-18H,5-9,12-14,16H2,1-4H3,(H,23,29)/t18-/m0/s1. The summed E-state index contributed by atoms with van der Waals surface area (Å²) in [6, 6.07) is 5.08. The Bertz CT molecular complexity index is 1020. The van der Waals surface area contributed by atoms with E-state index in [1.165, 1.54) is 4.31 Å². The Kier molecular flexibility index (Phi) is 8.24. The summed E-state index contributed by atoms with van der Waals surface area (Å²) in [6.45, 7) is 12.4. The van der Waals surface area contributed by atoms with Crippen LogP contribution in [0.15, 0.2) is 23.1 Å². The molecule has 1 saturated heterocycles. The van der Waals surface area contributed by atoms with E-state index < -0.39 is 10.0 Å². The summed E-state index contributed by atoms with van der Waals surface area (Å²) in [7, 11) is -3.70. The Balaban J connectivity index is 1.63. The molecule has 2 aromatic rings. The van der Waals surface area contributed by atoms with Crippen LogP contribution in [0.25, 0.3) is 11.0 Å². The number of hydrogen-bond acceptors (Lipinski definition) is 6. The molecule has 32 heavy (non-hydrogen) atoms. The van der Waals surface area contributed by atoms with Crippen molar-refractivity contribution >= 4 is 27.0 Å². The molecule has 0 unspecified atom stereocenters. The molecule has 0 spiro atoms.